The number of rotatable bonds is 5. The van der Waals surface area contributed by atoms with Gasteiger partial charge in [0.15, 0.2) is 9.12 Å². The zero-order valence-electron chi connectivity index (χ0n) is 8.18. The van der Waals surface area contributed by atoms with Gasteiger partial charge in [0.25, 0.3) is 0 Å². The smallest absolute Gasteiger partial charge is 0.172 e. The van der Waals surface area contributed by atoms with Crippen LogP contribution in [-0.2, 0) is 0 Å². The summed E-state index contributed by atoms with van der Waals surface area (Å²) in [7, 11) is 3.50. The Labute approximate surface area is 77.5 Å². The third-order valence-corrected chi connectivity index (χ3v) is 10.5. The zero-order valence-corrected chi connectivity index (χ0v) is 11.3. The predicted molar refractivity (Wildman–Crippen MR) is 56.4 cm³/mol. The maximum absolute atomic E-state index is 2.64. The molecule has 0 aliphatic rings. The topological polar surface area (TPSA) is 6.48 Å². The van der Waals surface area contributed by atoms with E-state index in [0.717, 1.165) is 19.4 Å². The second-order valence-corrected chi connectivity index (χ2v) is 8.52. The van der Waals surface area contributed by atoms with E-state index in [0.29, 0.717) is 0 Å². The molecular weight excluding hydrogens is 184 g/mol. The van der Waals surface area contributed by atoms with Crippen LogP contribution in [0.15, 0.2) is 0 Å². The molecule has 0 bridgehead atoms. The van der Waals surface area contributed by atoms with Gasteiger partial charge >= 0.3 is 0 Å². The van der Waals surface area contributed by atoms with E-state index in [1.54, 1.807) is 0 Å². The van der Waals surface area contributed by atoms with Crippen molar-refractivity contribution in [2.75, 3.05) is 13.6 Å². The summed E-state index contributed by atoms with van der Waals surface area (Å²) in [6.07, 6.45) is 0. The fraction of sp³-hybridized carbons (Fsp3) is 1.00. The number of nitrogens with zero attached hydrogens (tertiary/aromatic N) is 2. The summed E-state index contributed by atoms with van der Waals surface area (Å²) in [6.45, 7) is 10.4. The average Bonchev–Trinajstić information content (AvgIpc) is 2.05. The average molecular weight is 202 g/mol. The first-order chi connectivity index (χ1) is 5.17. The SMILES string of the molecule is CCN(C)[SiH](C)N([Si]C)[Si]C. The molecule has 0 aliphatic heterocycles. The minimum Gasteiger partial charge on any atom is -0.363 e. The molecule has 2 nitrogen and oxygen atoms in total. The zero-order chi connectivity index (χ0) is 8.85. The van der Waals surface area contributed by atoms with Gasteiger partial charge in [0.1, 0.15) is 19.4 Å². The van der Waals surface area contributed by atoms with Gasteiger partial charge in [0.05, 0.1) is 0 Å². The van der Waals surface area contributed by atoms with Crippen LogP contribution in [0.1, 0.15) is 6.92 Å². The van der Waals surface area contributed by atoms with Gasteiger partial charge < -0.3 is 8.46 Å². The van der Waals surface area contributed by atoms with Crippen molar-refractivity contribution in [1.82, 2.24) is 8.46 Å². The van der Waals surface area contributed by atoms with Gasteiger partial charge in [0, 0.05) is 0 Å². The first kappa shape index (κ1) is 11.6. The molecular formula is C6H18N2Si3. The lowest BCUT2D eigenvalue weighted by atomic mass is 10.8. The van der Waals surface area contributed by atoms with Gasteiger partial charge in [-0.25, -0.2) is 0 Å². The molecule has 0 saturated carbocycles. The van der Waals surface area contributed by atoms with Gasteiger partial charge in [0.2, 0.25) is 0 Å². The van der Waals surface area contributed by atoms with Crippen LogP contribution in [0.4, 0.5) is 0 Å². The molecule has 0 N–H and O–H groups in total. The largest absolute Gasteiger partial charge is 0.363 e. The molecule has 0 aromatic carbocycles. The van der Waals surface area contributed by atoms with Crippen LogP contribution in [0.25, 0.3) is 0 Å². The first-order valence-corrected chi connectivity index (χ1v) is 9.09. The molecule has 5 heteroatoms. The maximum atomic E-state index is 2.64. The van der Waals surface area contributed by atoms with Gasteiger partial charge in [-0.2, -0.15) is 0 Å². The van der Waals surface area contributed by atoms with Gasteiger partial charge in [-0.05, 0) is 20.1 Å². The Bertz CT molecular complexity index is 97.8. The van der Waals surface area contributed by atoms with Crippen LogP contribution in [0.3, 0.4) is 0 Å². The molecule has 0 heterocycles. The summed E-state index contributed by atoms with van der Waals surface area (Å²) in [5.41, 5.74) is 0. The van der Waals surface area contributed by atoms with Crippen molar-refractivity contribution in [2.24, 2.45) is 0 Å². The Balaban J connectivity index is 3.86. The third-order valence-electron chi connectivity index (χ3n) is 1.99. The quantitative estimate of drug-likeness (QED) is 0.597. The molecule has 0 aromatic heterocycles. The van der Waals surface area contributed by atoms with Crippen molar-refractivity contribution < 1.29 is 0 Å². The van der Waals surface area contributed by atoms with E-state index >= 15 is 0 Å². The normalized spacial score (nSPS) is 14.5. The molecule has 0 amide bonds. The Morgan fingerprint density at radius 3 is 2.00 bits per heavy atom. The molecule has 1 atom stereocenters. The lowest BCUT2D eigenvalue weighted by Crippen LogP contribution is -2.51. The summed E-state index contributed by atoms with van der Waals surface area (Å²) in [6, 6.07) is 0. The molecule has 0 saturated heterocycles. The molecule has 0 rings (SSSR count). The number of hydrogen-bond donors (Lipinski definition) is 0. The van der Waals surface area contributed by atoms with E-state index in [1.165, 1.54) is 6.54 Å². The summed E-state index contributed by atoms with van der Waals surface area (Å²) in [4.78, 5) is 0. The molecule has 0 aromatic rings. The molecule has 0 fully saturated rings. The highest BCUT2D eigenvalue weighted by Gasteiger charge is 2.15. The Hall–Kier alpha value is 0.571. The van der Waals surface area contributed by atoms with Crippen LogP contribution in [0, 0.1) is 0 Å². The molecule has 64 valence electrons. The first-order valence-electron chi connectivity index (χ1n) is 4.01. The van der Waals surface area contributed by atoms with Gasteiger partial charge in [-0.1, -0.05) is 20.0 Å². The van der Waals surface area contributed by atoms with E-state index in [2.05, 4.69) is 42.1 Å². The lowest BCUT2D eigenvalue weighted by Gasteiger charge is -2.31. The van der Waals surface area contributed by atoms with Crippen LogP contribution < -0.4 is 0 Å². The van der Waals surface area contributed by atoms with Crippen molar-refractivity contribution in [3.63, 3.8) is 0 Å². The van der Waals surface area contributed by atoms with E-state index < -0.39 is 9.12 Å². The molecule has 1 unspecified atom stereocenters. The Morgan fingerprint density at radius 2 is 1.73 bits per heavy atom. The second kappa shape index (κ2) is 6.13. The van der Waals surface area contributed by atoms with Crippen molar-refractivity contribution in [1.29, 1.82) is 0 Å². The van der Waals surface area contributed by atoms with Crippen molar-refractivity contribution in [2.45, 2.75) is 26.6 Å². The predicted octanol–water partition coefficient (Wildman–Crippen LogP) is 0.425. The van der Waals surface area contributed by atoms with Gasteiger partial charge in [-0.15, -0.1) is 0 Å². The van der Waals surface area contributed by atoms with Crippen LogP contribution in [-0.4, -0.2) is 50.5 Å². The molecule has 4 radical (unpaired) electrons. The monoisotopic (exact) mass is 202 g/mol. The second-order valence-electron chi connectivity index (χ2n) is 2.52. The summed E-state index contributed by atoms with van der Waals surface area (Å²) >= 11 is 0. The Morgan fingerprint density at radius 1 is 1.27 bits per heavy atom. The highest BCUT2D eigenvalue weighted by Crippen LogP contribution is 1.95. The van der Waals surface area contributed by atoms with E-state index in [9.17, 15) is 0 Å². The fourth-order valence-corrected chi connectivity index (χ4v) is 6.94. The van der Waals surface area contributed by atoms with E-state index in [4.69, 9.17) is 0 Å². The van der Waals surface area contributed by atoms with E-state index in [-0.39, 0.29) is 0 Å². The van der Waals surface area contributed by atoms with Crippen LogP contribution in [0.5, 0.6) is 0 Å². The maximum Gasteiger partial charge on any atom is 0.172 e. The molecule has 11 heavy (non-hydrogen) atoms. The molecule has 0 spiro atoms. The van der Waals surface area contributed by atoms with Crippen molar-refractivity contribution in [3.8, 4) is 0 Å². The van der Waals surface area contributed by atoms with E-state index in [1.807, 2.05) is 0 Å². The minimum atomic E-state index is -0.720. The summed E-state index contributed by atoms with van der Waals surface area (Å²) < 4.78 is 5.15. The van der Waals surface area contributed by atoms with Gasteiger partial charge in [-0.3, -0.25) is 0 Å². The fourth-order valence-electron chi connectivity index (χ4n) is 0.947. The Kier molecular flexibility index (Phi) is 6.45. The van der Waals surface area contributed by atoms with Crippen LogP contribution >= 0.6 is 0 Å². The summed E-state index contributed by atoms with van der Waals surface area (Å²) in [5, 5.41) is 0. The van der Waals surface area contributed by atoms with Crippen molar-refractivity contribution in [3.05, 3.63) is 0 Å². The van der Waals surface area contributed by atoms with Crippen LogP contribution in [0.2, 0.25) is 19.6 Å². The molecule has 0 aliphatic carbocycles. The van der Waals surface area contributed by atoms with Crippen molar-refractivity contribution >= 4 is 28.5 Å². The summed E-state index contributed by atoms with van der Waals surface area (Å²) in [5.74, 6) is 0. The minimum absolute atomic E-state index is 0.720. The highest BCUT2D eigenvalue weighted by molar-refractivity contribution is 6.72. The number of hydrogen-bond acceptors (Lipinski definition) is 2. The highest BCUT2D eigenvalue weighted by atomic mass is 28.4. The lowest BCUT2D eigenvalue weighted by molar-refractivity contribution is 0.532. The third kappa shape index (κ3) is 3.66. The standard InChI is InChI=1S/C6H18N2Si3/c1-6-7(2)11(5)8(9-3)10-4/h11H,6H2,1-5H3.